The van der Waals surface area contributed by atoms with Gasteiger partial charge < -0.3 is 10.5 Å². The molecule has 0 fully saturated rings. The number of hydrogen-bond donors (Lipinski definition) is 1. The fraction of sp³-hybridized carbons (Fsp3) is 0.200. The fourth-order valence-electron chi connectivity index (χ4n) is 5.15. The van der Waals surface area contributed by atoms with Crippen LogP contribution in [0, 0.1) is 5.82 Å². The van der Waals surface area contributed by atoms with Crippen LogP contribution in [0.2, 0.25) is 5.15 Å². The standard InChI is InChI=1S/C30H26ClFN6O2S/c1-4-21(19-13-24-37(23(31)14-41-24)30(39)25(19)17-8-6-5-7-9-17)38-29-26(28(33)34-15-35-29)27(36-38)18-10-11-22(20(32)12-18)40-16(2)3/h5-16,21H,4H2,1-3H3,(H2,33,34,35)/t21-/m0/s1. The Labute approximate surface area is 243 Å². The van der Waals surface area contributed by atoms with Gasteiger partial charge in [-0.15, -0.1) is 11.3 Å². The van der Waals surface area contributed by atoms with Gasteiger partial charge in [0.15, 0.2) is 17.2 Å². The van der Waals surface area contributed by atoms with Crippen LogP contribution >= 0.6 is 22.9 Å². The molecule has 2 N–H and O–H groups in total. The number of benzene rings is 2. The summed E-state index contributed by atoms with van der Waals surface area (Å²) < 4.78 is 23.9. The van der Waals surface area contributed by atoms with Crippen molar-refractivity contribution in [3.05, 3.63) is 93.2 Å². The van der Waals surface area contributed by atoms with Gasteiger partial charge in [0.05, 0.1) is 23.1 Å². The number of halogens is 2. The lowest BCUT2D eigenvalue weighted by Gasteiger charge is -2.20. The molecule has 0 spiro atoms. The Kier molecular flexibility index (Phi) is 6.96. The number of nitrogens with zero attached hydrogens (tertiary/aromatic N) is 5. The highest BCUT2D eigenvalue weighted by atomic mass is 35.5. The second kappa shape index (κ2) is 10.6. The number of nitrogens with two attached hydrogens (primary N) is 1. The van der Waals surface area contributed by atoms with Gasteiger partial charge in [-0.3, -0.25) is 9.20 Å². The van der Waals surface area contributed by atoms with Crippen molar-refractivity contribution in [2.45, 2.75) is 39.3 Å². The number of rotatable bonds is 7. The third-order valence-electron chi connectivity index (χ3n) is 6.89. The lowest BCUT2D eigenvalue weighted by Crippen LogP contribution is -2.21. The van der Waals surface area contributed by atoms with E-state index >= 15 is 4.39 Å². The van der Waals surface area contributed by atoms with Crippen molar-refractivity contribution in [1.29, 1.82) is 0 Å². The smallest absolute Gasteiger partial charge is 0.265 e. The van der Waals surface area contributed by atoms with E-state index in [1.54, 1.807) is 22.2 Å². The topological polar surface area (TPSA) is 100 Å². The van der Waals surface area contributed by atoms with Crippen LogP contribution in [-0.2, 0) is 0 Å². The zero-order valence-corrected chi connectivity index (χ0v) is 24.1. The Bertz CT molecular complexity index is 1970. The van der Waals surface area contributed by atoms with Gasteiger partial charge in [0.25, 0.3) is 5.56 Å². The first-order chi connectivity index (χ1) is 19.8. The fourth-order valence-corrected chi connectivity index (χ4v) is 6.31. The van der Waals surface area contributed by atoms with E-state index in [9.17, 15) is 4.79 Å². The average molecular weight is 589 g/mol. The first kappa shape index (κ1) is 26.9. The van der Waals surface area contributed by atoms with Crippen molar-refractivity contribution in [2.24, 2.45) is 0 Å². The van der Waals surface area contributed by atoms with Crippen LogP contribution in [-0.4, -0.2) is 30.3 Å². The molecule has 0 unspecified atom stereocenters. The van der Waals surface area contributed by atoms with Crippen LogP contribution in [0.25, 0.3) is 38.2 Å². The number of thiazole rings is 1. The van der Waals surface area contributed by atoms with Gasteiger partial charge in [-0.05, 0) is 55.7 Å². The van der Waals surface area contributed by atoms with Crippen LogP contribution in [0.5, 0.6) is 5.75 Å². The van der Waals surface area contributed by atoms with Crippen LogP contribution in [0.1, 0.15) is 38.8 Å². The summed E-state index contributed by atoms with van der Waals surface area (Å²) in [6.45, 7) is 5.68. The van der Waals surface area contributed by atoms with Crippen molar-refractivity contribution in [3.8, 4) is 28.1 Å². The largest absolute Gasteiger partial charge is 0.488 e. The Balaban J connectivity index is 1.61. The molecule has 0 saturated carbocycles. The lowest BCUT2D eigenvalue weighted by atomic mass is 9.95. The summed E-state index contributed by atoms with van der Waals surface area (Å²) >= 11 is 7.81. The summed E-state index contributed by atoms with van der Waals surface area (Å²) in [6.07, 6.45) is 1.77. The Morgan fingerprint density at radius 1 is 1.10 bits per heavy atom. The molecule has 208 valence electrons. The minimum atomic E-state index is -0.513. The highest BCUT2D eigenvalue weighted by Gasteiger charge is 2.27. The zero-order valence-electron chi connectivity index (χ0n) is 22.5. The SMILES string of the molecule is CC[C@@H](c1cc2scc(Cl)n2c(=O)c1-c1ccccc1)n1nc(-c2ccc(OC(C)C)c(F)c2)c2c(N)ncnc21. The summed E-state index contributed by atoms with van der Waals surface area (Å²) in [5, 5.41) is 7.54. The number of anilines is 1. The molecule has 0 radical (unpaired) electrons. The van der Waals surface area contributed by atoms with Gasteiger partial charge in [0.1, 0.15) is 27.8 Å². The number of aromatic nitrogens is 5. The maximum Gasteiger partial charge on any atom is 0.265 e. The third kappa shape index (κ3) is 4.62. The molecule has 2 aromatic carbocycles. The molecule has 0 aliphatic rings. The summed E-state index contributed by atoms with van der Waals surface area (Å²) in [7, 11) is 0. The molecular weight excluding hydrogens is 563 g/mol. The molecule has 0 amide bonds. The molecule has 1 atom stereocenters. The van der Waals surface area contributed by atoms with E-state index in [0.29, 0.717) is 44.3 Å². The van der Waals surface area contributed by atoms with Crippen molar-refractivity contribution in [1.82, 2.24) is 24.1 Å². The van der Waals surface area contributed by atoms with E-state index in [4.69, 9.17) is 27.2 Å². The van der Waals surface area contributed by atoms with Gasteiger partial charge in [-0.25, -0.2) is 19.0 Å². The molecule has 4 aromatic heterocycles. The number of fused-ring (bicyclic) bond motifs is 2. The summed E-state index contributed by atoms with van der Waals surface area (Å²) in [6, 6.07) is 15.7. The number of nitrogen functional groups attached to an aromatic ring is 1. The number of hydrogen-bond acceptors (Lipinski definition) is 7. The van der Waals surface area contributed by atoms with Crippen molar-refractivity contribution < 1.29 is 9.13 Å². The summed E-state index contributed by atoms with van der Waals surface area (Å²) in [5.41, 5.74) is 9.59. The molecule has 6 aromatic rings. The van der Waals surface area contributed by atoms with E-state index in [0.717, 1.165) is 11.1 Å². The second-order valence-electron chi connectivity index (χ2n) is 9.86. The van der Waals surface area contributed by atoms with E-state index in [1.807, 2.05) is 57.2 Å². The third-order valence-corrected chi connectivity index (χ3v) is 8.18. The van der Waals surface area contributed by atoms with Crippen LogP contribution in [0.3, 0.4) is 0 Å². The number of ether oxygens (including phenoxy) is 1. The molecule has 6 rings (SSSR count). The first-order valence-electron chi connectivity index (χ1n) is 13.1. The van der Waals surface area contributed by atoms with Gasteiger partial charge in [-0.2, -0.15) is 5.10 Å². The van der Waals surface area contributed by atoms with Gasteiger partial charge in [0.2, 0.25) is 0 Å². The normalized spacial score (nSPS) is 12.4. The summed E-state index contributed by atoms with van der Waals surface area (Å²) in [4.78, 5) is 23.4. The predicted octanol–water partition coefficient (Wildman–Crippen LogP) is 7.00. The van der Waals surface area contributed by atoms with Crippen molar-refractivity contribution >= 4 is 44.6 Å². The summed E-state index contributed by atoms with van der Waals surface area (Å²) in [5.74, 6) is -0.141. The highest BCUT2D eigenvalue weighted by molar-refractivity contribution is 7.16. The van der Waals surface area contributed by atoms with Crippen molar-refractivity contribution in [3.63, 3.8) is 0 Å². The molecule has 0 aliphatic heterocycles. The minimum Gasteiger partial charge on any atom is -0.488 e. The van der Waals surface area contributed by atoms with Crippen molar-refractivity contribution in [2.75, 3.05) is 5.73 Å². The van der Waals surface area contributed by atoms with Gasteiger partial charge >= 0.3 is 0 Å². The van der Waals surface area contributed by atoms with E-state index < -0.39 is 11.9 Å². The van der Waals surface area contributed by atoms with Crippen LogP contribution in [0.15, 0.2) is 71.1 Å². The highest BCUT2D eigenvalue weighted by Crippen LogP contribution is 2.38. The molecule has 0 saturated heterocycles. The van der Waals surface area contributed by atoms with E-state index in [1.165, 1.54) is 28.1 Å². The van der Waals surface area contributed by atoms with Gasteiger partial charge in [0, 0.05) is 10.9 Å². The quantitative estimate of drug-likeness (QED) is 0.216. The molecule has 4 heterocycles. The van der Waals surface area contributed by atoms with Crippen LogP contribution < -0.4 is 16.0 Å². The number of pyridine rings is 1. The van der Waals surface area contributed by atoms with Crippen LogP contribution in [0.4, 0.5) is 10.2 Å². The van der Waals surface area contributed by atoms with E-state index in [-0.39, 0.29) is 23.2 Å². The predicted molar refractivity (Wildman–Crippen MR) is 161 cm³/mol. The zero-order chi connectivity index (χ0) is 28.8. The molecule has 8 nitrogen and oxygen atoms in total. The molecule has 0 aliphatic carbocycles. The molecule has 0 bridgehead atoms. The monoisotopic (exact) mass is 588 g/mol. The minimum absolute atomic E-state index is 0.152. The Morgan fingerprint density at radius 3 is 2.59 bits per heavy atom. The maximum absolute atomic E-state index is 15.1. The van der Waals surface area contributed by atoms with E-state index in [2.05, 4.69) is 9.97 Å². The first-order valence-corrected chi connectivity index (χ1v) is 14.4. The molecular formula is C30H26ClFN6O2S. The second-order valence-corrected chi connectivity index (χ2v) is 11.1. The molecule has 41 heavy (non-hydrogen) atoms. The lowest BCUT2D eigenvalue weighted by molar-refractivity contribution is 0.231. The maximum atomic E-state index is 15.1. The Hall–Kier alpha value is -4.28. The molecule has 11 heteroatoms. The Morgan fingerprint density at radius 2 is 1.88 bits per heavy atom. The average Bonchev–Trinajstić information content (AvgIpc) is 3.52. The van der Waals surface area contributed by atoms with Gasteiger partial charge in [-0.1, -0.05) is 48.9 Å².